The lowest BCUT2D eigenvalue weighted by molar-refractivity contribution is 1.28. The van der Waals surface area contributed by atoms with E-state index in [1.807, 2.05) is 12.1 Å². The number of nitrogens with zero attached hydrogens (tertiary/aromatic N) is 2. The number of hydrogen-bond donors (Lipinski definition) is 4. The van der Waals surface area contributed by atoms with Crippen LogP contribution in [0.25, 0.3) is 79.8 Å². The van der Waals surface area contributed by atoms with Crippen molar-refractivity contribution >= 4 is 63.4 Å². The molecule has 5 heterocycles. The molecule has 0 atom stereocenters. The van der Waals surface area contributed by atoms with E-state index >= 15 is 0 Å². The van der Waals surface area contributed by atoms with Crippen LogP contribution in [0.15, 0.2) is 97.1 Å². The molecule has 6 heteroatoms. The number of aromatic nitrogens is 4. The molecule has 2 aliphatic rings. The summed E-state index contributed by atoms with van der Waals surface area (Å²) >= 11 is 0. The Bertz CT molecular complexity index is 2890. The van der Waals surface area contributed by atoms with Crippen LogP contribution in [0, 0.1) is 48.5 Å². The van der Waals surface area contributed by atoms with Crippen LogP contribution in [0.2, 0.25) is 0 Å². The maximum atomic E-state index is 6.23. The Morgan fingerprint density at radius 2 is 0.842 bits per heavy atom. The van der Waals surface area contributed by atoms with Gasteiger partial charge in [0.25, 0.3) is 0 Å². The lowest BCUT2D eigenvalue weighted by Gasteiger charge is -2.13. The van der Waals surface area contributed by atoms with Crippen molar-refractivity contribution in [2.24, 2.45) is 0 Å². The zero-order valence-electron chi connectivity index (χ0n) is 33.5. The van der Waals surface area contributed by atoms with Crippen molar-refractivity contribution in [1.82, 2.24) is 19.9 Å². The number of fused-ring (bicyclic) bond motifs is 8. The Morgan fingerprint density at radius 1 is 0.421 bits per heavy atom. The van der Waals surface area contributed by atoms with Gasteiger partial charge in [-0.05, 0) is 160 Å². The first kappa shape index (κ1) is 35.8. The van der Waals surface area contributed by atoms with Crippen LogP contribution in [0.1, 0.15) is 61.7 Å². The van der Waals surface area contributed by atoms with Crippen molar-refractivity contribution in [2.45, 2.75) is 48.5 Å². The predicted octanol–water partition coefficient (Wildman–Crippen LogP) is 13.1. The van der Waals surface area contributed by atoms with Crippen LogP contribution in [0.4, 0.5) is 17.1 Å². The van der Waals surface area contributed by atoms with Crippen molar-refractivity contribution in [3.8, 4) is 33.4 Å². The smallest absolute Gasteiger partial charge is 0.0894 e. The minimum atomic E-state index is 0.714. The molecule has 0 radical (unpaired) electrons. The number of aromatic amines is 2. The van der Waals surface area contributed by atoms with Gasteiger partial charge < -0.3 is 21.0 Å². The highest BCUT2D eigenvalue weighted by Crippen LogP contribution is 2.41. The number of nitrogen functional groups attached to an aromatic ring is 1. The van der Waals surface area contributed by atoms with Crippen LogP contribution in [-0.4, -0.2) is 19.9 Å². The van der Waals surface area contributed by atoms with Gasteiger partial charge in [0.05, 0.1) is 34.0 Å². The van der Waals surface area contributed by atoms with E-state index in [0.717, 1.165) is 78.5 Å². The minimum absolute atomic E-state index is 0.714. The quantitative estimate of drug-likeness (QED) is 0.132. The fourth-order valence-electron chi connectivity index (χ4n) is 8.75. The topological polar surface area (TPSA) is 95.4 Å². The first-order chi connectivity index (χ1) is 27.5. The molecule has 0 spiro atoms. The van der Waals surface area contributed by atoms with Crippen LogP contribution in [0.3, 0.4) is 0 Å². The number of H-pyrrole nitrogens is 2. The SMILES string of the molecule is Cc1ccc(Nc2c3nc(c(-c4c(C)cc(C)cc4C)c4ccc([nH]4)c(-c4ccc(N)cc4)c4nc(c(-c5c(C)cc(C)cc5C)c5ccc2[nH]5)C=C4)C=C3)cc1. The Kier molecular flexibility index (Phi) is 8.77. The fraction of sp³-hybridized carbons (Fsp3) is 0.137. The monoisotopic (exact) mass is 742 g/mol. The molecule has 9 rings (SSSR count). The molecule has 3 aromatic heterocycles. The third-order valence-corrected chi connectivity index (χ3v) is 11.1. The van der Waals surface area contributed by atoms with Crippen LogP contribution in [0.5, 0.6) is 0 Å². The number of anilines is 3. The second-order valence-electron chi connectivity index (χ2n) is 15.7. The van der Waals surface area contributed by atoms with Crippen molar-refractivity contribution in [2.75, 3.05) is 11.1 Å². The summed E-state index contributed by atoms with van der Waals surface area (Å²) in [5.41, 5.74) is 31.0. The number of aryl methyl sites for hydroxylation is 7. The van der Waals surface area contributed by atoms with Gasteiger partial charge in [-0.1, -0.05) is 65.2 Å². The summed E-state index contributed by atoms with van der Waals surface area (Å²) in [4.78, 5) is 18.7. The summed E-state index contributed by atoms with van der Waals surface area (Å²) < 4.78 is 0. The first-order valence-corrected chi connectivity index (χ1v) is 19.5. The number of rotatable bonds is 5. The molecule has 0 unspecified atom stereocenters. The largest absolute Gasteiger partial charge is 0.399 e. The van der Waals surface area contributed by atoms with E-state index in [2.05, 4.69) is 173 Å². The normalized spacial score (nSPS) is 12.1. The maximum Gasteiger partial charge on any atom is 0.0894 e. The van der Waals surface area contributed by atoms with Crippen molar-refractivity contribution in [3.05, 3.63) is 159 Å². The highest BCUT2D eigenvalue weighted by molar-refractivity contribution is 6.00. The third-order valence-electron chi connectivity index (χ3n) is 11.1. The molecular weight excluding hydrogens is 697 g/mol. The average molecular weight is 743 g/mol. The fourth-order valence-corrected chi connectivity index (χ4v) is 8.75. The van der Waals surface area contributed by atoms with E-state index in [1.54, 1.807) is 0 Å². The third kappa shape index (κ3) is 6.53. The number of hydrogen-bond acceptors (Lipinski definition) is 4. The van der Waals surface area contributed by atoms with Gasteiger partial charge >= 0.3 is 0 Å². The maximum absolute atomic E-state index is 6.23. The van der Waals surface area contributed by atoms with Gasteiger partial charge in [-0.25, -0.2) is 9.97 Å². The van der Waals surface area contributed by atoms with Gasteiger partial charge in [0.15, 0.2) is 0 Å². The summed E-state index contributed by atoms with van der Waals surface area (Å²) in [6.07, 6.45) is 8.57. The number of benzene rings is 4. The van der Waals surface area contributed by atoms with Crippen molar-refractivity contribution < 1.29 is 0 Å². The molecule has 0 saturated heterocycles. The van der Waals surface area contributed by atoms with E-state index in [-0.39, 0.29) is 0 Å². The van der Waals surface area contributed by atoms with Crippen LogP contribution < -0.4 is 11.1 Å². The van der Waals surface area contributed by atoms with Gasteiger partial charge in [-0.2, -0.15) is 0 Å². The van der Waals surface area contributed by atoms with Gasteiger partial charge in [-0.15, -0.1) is 0 Å². The van der Waals surface area contributed by atoms with Crippen LogP contribution in [-0.2, 0) is 0 Å². The van der Waals surface area contributed by atoms with Crippen molar-refractivity contribution in [3.63, 3.8) is 0 Å². The molecule has 4 aromatic carbocycles. The van der Waals surface area contributed by atoms with Gasteiger partial charge in [0.2, 0.25) is 0 Å². The average Bonchev–Trinajstić information content (AvgIpc) is 4.01. The molecular formula is C51H46N6. The lowest BCUT2D eigenvalue weighted by Crippen LogP contribution is -1.96. The molecule has 57 heavy (non-hydrogen) atoms. The van der Waals surface area contributed by atoms with Gasteiger partial charge in [0, 0.05) is 44.6 Å². The highest BCUT2D eigenvalue weighted by Gasteiger charge is 2.21. The Labute approximate surface area is 333 Å². The first-order valence-electron chi connectivity index (χ1n) is 19.5. The van der Waals surface area contributed by atoms with E-state index in [9.17, 15) is 0 Å². The Balaban J connectivity index is 1.47. The zero-order valence-corrected chi connectivity index (χ0v) is 33.5. The van der Waals surface area contributed by atoms with E-state index in [0.29, 0.717) is 5.69 Å². The number of nitrogens with one attached hydrogen (secondary N) is 3. The summed E-state index contributed by atoms with van der Waals surface area (Å²) in [5.74, 6) is 0. The molecule has 6 nitrogen and oxygen atoms in total. The Hall–Kier alpha value is -6.92. The second kappa shape index (κ2) is 14.0. The lowest BCUT2D eigenvalue weighted by atomic mass is 9.92. The van der Waals surface area contributed by atoms with Crippen LogP contribution >= 0.6 is 0 Å². The summed E-state index contributed by atoms with van der Waals surface area (Å²) in [6, 6.07) is 34.3. The van der Waals surface area contributed by atoms with E-state index < -0.39 is 0 Å². The molecule has 0 fully saturated rings. The molecule has 5 N–H and O–H groups in total. The summed E-state index contributed by atoms with van der Waals surface area (Å²) in [7, 11) is 0. The molecule has 280 valence electrons. The number of nitrogens with two attached hydrogens (primary N) is 1. The molecule has 0 saturated carbocycles. The van der Waals surface area contributed by atoms with E-state index in [1.165, 1.54) is 50.1 Å². The molecule has 8 bridgehead atoms. The zero-order chi connectivity index (χ0) is 39.5. The van der Waals surface area contributed by atoms with Gasteiger partial charge in [-0.3, -0.25) is 0 Å². The molecule has 2 aliphatic heterocycles. The summed E-state index contributed by atoms with van der Waals surface area (Å²) in [6.45, 7) is 15.2. The molecule has 0 amide bonds. The standard InChI is InChI=1S/C51H46N6/c1-28-8-14-37(15-9-28)53-51-44-22-20-42(56-44)49(46-31(4)24-29(2)25-32(46)5)40-18-16-38(54-40)48(35-10-12-36(52)13-11-35)39-17-19-41(55-39)50(43-21-23-45(51)57-43)47-33(6)26-30(3)27-34(47)7/h8-27,53-54,57H,52H2,1-7H3. The Morgan fingerprint density at radius 3 is 1.37 bits per heavy atom. The molecule has 7 aromatic rings. The highest BCUT2D eigenvalue weighted by atomic mass is 14.9. The second-order valence-corrected chi connectivity index (χ2v) is 15.7. The summed E-state index contributed by atoms with van der Waals surface area (Å²) in [5, 5.41) is 3.77. The van der Waals surface area contributed by atoms with Gasteiger partial charge in [0.1, 0.15) is 0 Å². The van der Waals surface area contributed by atoms with E-state index in [4.69, 9.17) is 15.7 Å². The minimum Gasteiger partial charge on any atom is -0.399 e. The van der Waals surface area contributed by atoms with Crippen molar-refractivity contribution in [1.29, 1.82) is 0 Å². The predicted molar refractivity (Wildman–Crippen MR) is 242 cm³/mol. The molecule has 0 aliphatic carbocycles.